The Morgan fingerprint density at radius 3 is 2.69 bits per heavy atom. The molecule has 0 spiro atoms. The molecule has 3 aromatic carbocycles. The molecule has 35 heavy (non-hydrogen) atoms. The van der Waals surface area contributed by atoms with E-state index in [1.807, 2.05) is 37.3 Å². The third kappa shape index (κ3) is 5.29. The number of H-pyrrole nitrogens is 1. The van der Waals surface area contributed by atoms with Gasteiger partial charge in [0, 0.05) is 28.3 Å². The zero-order chi connectivity index (χ0) is 24.9. The van der Waals surface area contributed by atoms with E-state index in [4.69, 9.17) is 4.74 Å². The van der Waals surface area contributed by atoms with Gasteiger partial charge in [-0.2, -0.15) is 5.10 Å². The predicted molar refractivity (Wildman–Crippen MR) is 134 cm³/mol. The van der Waals surface area contributed by atoms with Crippen LogP contribution in [0.2, 0.25) is 0 Å². The molecule has 8 heteroatoms. The summed E-state index contributed by atoms with van der Waals surface area (Å²) in [6, 6.07) is 17.2. The standard InChI is InChI=1S/C27H23FN2O4S/c1-3-20(21-11-9-17(13-23(21)28)16-35(32)33)27(18-10-12-24-19(14-18)15-29-30-24)22-7-5-6-8-25(22)34-26(31)4-2/h4-15H,2-3,16H2,1H3,(H,29,30)(H,32,33)/p-1/b27-20+. The smallest absolute Gasteiger partial charge is 0.335 e. The number of nitrogens with zero attached hydrogens (tertiary/aromatic N) is 1. The molecule has 1 atom stereocenters. The monoisotopic (exact) mass is 489 g/mol. The number of hydrogen-bond acceptors (Lipinski definition) is 5. The van der Waals surface area contributed by atoms with Crippen molar-refractivity contribution in [2.24, 2.45) is 0 Å². The first-order valence-corrected chi connectivity index (χ1v) is 12.1. The van der Waals surface area contributed by atoms with Gasteiger partial charge >= 0.3 is 5.97 Å². The summed E-state index contributed by atoms with van der Waals surface area (Å²) in [6.07, 6.45) is 3.23. The highest BCUT2D eigenvalue weighted by Gasteiger charge is 2.20. The molecule has 0 radical (unpaired) electrons. The number of hydrogen-bond donors (Lipinski definition) is 1. The quantitative estimate of drug-likeness (QED) is 0.115. The Labute approximate surface area is 204 Å². The van der Waals surface area contributed by atoms with Gasteiger partial charge in [0.1, 0.15) is 11.6 Å². The minimum atomic E-state index is -2.33. The van der Waals surface area contributed by atoms with Crippen molar-refractivity contribution in [3.8, 4) is 5.75 Å². The van der Waals surface area contributed by atoms with E-state index in [-0.39, 0.29) is 5.75 Å². The van der Waals surface area contributed by atoms with Crippen molar-refractivity contribution in [1.82, 2.24) is 10.2 Å². The van der Waals surface area contributed by atoms with Crippen LogP contribution in [0.1, 0.15) is 35.6 Å². The number of rotatable bonds is 8. The number of nitrogens with one attached hydrogen (secondary N) is 1. The lowest BCUT2D eigenvalue weighted by molar-refractivity contribution is -0.128. The van der Waals surface area contributed by atoms with Crippen LogP contribution in [0.25, 0.3) is 22.0 Å². The number of carbonyl (C=O) groups is 1. The average molecular weight is 490 g/mol. The number of benzene rings is 3. The lowest BCUT2D eigenvalue weighted by atomic mass is 9.87. The molecule has 1 heterocycles. The highest BCUT2D eigenvalue weighted by Crippen LogP contribution is 2.40. The zero-order valence-electron chi connectivity index (χ0n) is 18.9. The number of ether oxygens (including phenoxy) is 1. The van der Waals surface area contributed by atoms with E-state index in [2.05, 4.69) is 16.8 Å². The van der Waals surface area contributed by atoms with E-state index >= 15 is 4.39 Å². The fourth-order valence-corrected chi connectivity index (χ4v) is 4.49. The molecule has 1 aromatic heterocycles. The number of allylic oxidation sites excluding steroid dienone is 1. The fraction of sp³-hybridized carbons (Fsp3) is 0.111. The molecule has 1 unspecified atom stereocenters. The lowest BCUT2D eigenvalue weighted by Gasteiger charge is -2.19. The molecule has 0 bridgehead atoms. The molecule has 4 rings (SSSR count). The van der Waals surface area contributed by atoms with Crippen LogP contribution in [0.4, 0.5) is 4.39 Å². The number of fused-ring (bicyclic) bond motifs is 1. The summed E-state index contributed by atoms with van der Waals surface area (Å²) in [7, 11) is 0. The van der Waals surface area contributed by atoms with Gasteiger partial charge in [-0.1, -0.05) is 61.0 Å². The summed E-state index contributed by atoms with van der Waals surface area (Å²) in [4.78, 5) is 12.0. The van der Waals surface area contributed by atoms with Crippen LogP contribution in [-0.4, -0.2) is 24.9 Å². The number of carbonyl (C=O) groups excluding carboxylic acids is 1. The fourth-order valence-electron chi connectivity index (χ4n) is 4.03. The third-order valence-corrected chi connectivity index (χ3v) is 6.13. The molecular formula is C27H22FN2O4S-. The SMILES string of the molecule is C=CC(=O)Oc1ccccc1/C(=C(\CC)c1ccc(CS(=O)[O-])cc1F)c1ccc2[nH]ncc2c1. The van der Waals surface area contributed by atoms with Crippen molar-refractivity contribution >= 4 is 39.1 Å². The second-order valence-corrected chi connectivity index (χ2v) is 8.66. The van der Waals surface area contributed by atoms with Crippen molar-refractivity contribution < 1.29 is 22.7 Å². The summed E-state index contributed by atoms with van der Waals surface area (Å²) in [5.74, 6) is -1.11. The third-order valence-electron chi connectivity index (χ3n) is 5.56. The predicted octanol–water partition coefficient (Wildman–Crippen LogP) is 5.54. The molecule has 0 saturated heterocycles. The Bertz CT molecular complexity index is 1480. The first-order valence-electron chi connectivity index (χ1n) is 10.9. The van der Waals surface area contributed by atoms with Gasteiger partial charge in [-0.25, -0.2) is 9.18 Å². The van der Waals surface area contributed by atoms with Crippen molar-refractivity contribution in [2.45, 2.75) is 19.1 Å². The molecule has 0 aliphatic carbocycles. The van der Waals surface area contributed by atoms with Crippen LogP contribution in [0.5, 0.6) is 5.75 Å². The van der Waals surface area contributed by atoms with Gasteiger partial charge < -0.3 is 9.29 Å². The Morgan fingerprint density at radius 1 is 1.17 bits per heavy atom. The highest BCUT2D eigenvalue weighted by atomic mass is 32.2. The molecule has 0 saturated carbocycles. The van der Waals surface area contributed by atoms with Gasteiger partial charge in [-0.05, 0) is 53.0 Å². The topological polar surface area (TPSA) is 95.1 Å². The average Bonchev–Trinajstić information content (AvgIpc) is 3.31. The maximum Gasteiger partial charge on any atom is 0.335 e. The Kier molecular flexibility index (Phi) is 7.33. The minimum absolute atomic E-state index is 0.271. The van der Waals surface area contributed by atoms with Crippen LogP contribution in [0.3, 0.4) is 0 Å². The van der Waals surface area contributed by atoms with Gasteiger partial charge in [0.2, 0.25) is 0 Å². The minimum Gasteiger partial charge on any atom is -0.772 e. The lowest BCUT2D eigenvalue weighted by Crippen LogP contribution is -2.06. The van der Waals surface area contributed by atoms with Gasteiger partial charge in [0.05, 0.1) is 11.7 Å². The van der Waals surface area contributed by atoms with Gasteiger partial charge in [-0.3, -0.25) is 9.31 Å². The summed E-state index contributed by atoms with van der Waals surface area (Å²) in [5.41, 5.74) is 4.27. The number of para-hydroxylation sites is 1. The van der Waals surface area contributed by atoms with Crippen LogP contribution < -0.4 is 4.74 Å². The largest absolute Gasteiger partial charge is 0.772 e. The van der Waals surface area contributed by atoms with E-state index in [0.717, 1.165) is 22.5 Å². The Hall–Kier alpha value is -3.88. The first kappa shape index (κ1) is 24.3. The second-order valence-electron chi connectivity index (χ2n) is 7.76. The molecule has 0 aliphatic heterocycles. The summed E-state index contributed by atoms with van der Waals surface area (Å²) in [5, 5.41) is 7.87. The zero-order valence-corrected chi connectivity index (χ0v) is 19.7. The number of esters is 1. The number of aromatic amines is 1. The molecule has 4 aromatic rings. The van der Waals surface area contributed by atoms with Crippen molar-refractivity contribution in [2.75, 3.05) is 0 Å². The van der Waals surface area contributed by atoms with E-state index < -0.39 is 22.9 Å². The second kappa shape index (κ2) is 10.6. The van der Waals surface area contributed by atoms with E-state index in [9.17, 15) is 13.6 Å². The number of halogens is 1. The Balaban J connectivity index is 1.99. The summed E-state index contributed by atoms with van der Waals surface area (Å²) < 4.78 is 43.0. The van der Waals surface area contributed by atoms with Crippen LogP contribution in [0.15, 0.2) is 79.5 Å². The summed E-state index contributed by atoms with van der Waals surface area (Å²) >= 11 is -2.33. The van der Waals surface area contributed by atoms with Gasteiger partial charge in [-0.15, -0.1) is 0 Å². The molecule has 0 aliphatic rings. The maximum absolute atomic E-state index is 15.3. The normalized spacial score (nSPS) is 12.8. The molecule has 0 amide bonds. The first-order chi connectivity index (χ1) is 16.9. The van der Waals surface area contributed by atoms with Crippen molar-refractivity contribution in [1.29, 1.82) is 0 Å². The highest BCUT2D eigenvalue weighted by molar-refractivity contribution is 7.78. The Morgan fingerprint density at radius 2 is 1.97 bits per heavy atom. The van der Waals surface area contributed by atoms with Crippen molar-refractivity contribution in [3.05, 3.63) is 108 Å². The maximum atomic E-state index is 15.3. The molecule has 1 N–H and O–H groups in total. The molecule has 178 valence electrons. The van der Waals surface area contributed by atoms with Crippen molar-refractivity contribution in [3.63, 3.8) is 0 Å². The van der Waals surface area contributed by atoms with Crippen LogP contribution in [0, 0.1) is 5.82 Å². The van der Waals surface area contributed by atoms with Crippen LogP contribution >= 0.6 is 0 Å². The summed E-state index contributed by atoms with van der Waals surface area (Å²) in [6.45, 7) is 5.37. The van der Waals surface area contributed by atoms with E-state index in [0.29, 0.717) is 40.0 Å². The van der Waals surface area contributed by atoms with E-state index in [1.165, 1.54) is 6.07 Å². The van der Waals surface area contributed by atoms with Gasteiger partial charge in [0.15, 0.2) is 0 Å². The van der Waals surface area contributed by atoms with Gasteiger partial charge in [0.25, 0.3) is 0 Å². The molecular weight excluding hydrogens is 467 g/mol. The number of aromatic nitrogens is 2. The van der Waals surface area contributed by atoms with E-state index in [1.54, 1.807) is 30.5 Å². The molecule has 6 nitrogen and oxygen atoms in total. The van der Waals surface area contributed by atoms with Crippen LogP contribution in [-0.2, 0) is 21.6 Å². The molecule has 0 fully saturated rings.